The minimum Gasteiger partial charge on any atom is -0.459 e. The zero-order chi connectivity index (χ0) is 22.9. The maximum atomic E-state index is 12.9. The number of carbonyl (C=O) groups excluding carboxylic acids is 2. The Balaban J connectivity index is 1.81. The van der Waals surface area contributed by atoms with Crippen molar-refractivity contribution in [2.45, 2.75) is 73.0 Å². The predicted molar refractivity (Wildman–Crippen MR) is 118 cm³/mol. The molecule has 10 heteroatoms. The van der Waals surface area contributed by atoms with E-state index in [9.17, 15) is 19.7 Å². The lowest BCUT2D eigenvalue weighted by molar-refractivity contribution is -0.386. The van der Waals surface area contributed by atoms with Crippen molar-refractivity contribution in [3.05, 3.63) is 37.5 Å². The fourth-order valence-electron chi connectivity index (χ4n) is 3.85. The Morgan fingerprint density at radius 1 is 1.26 bits per heavy atom. The molecule has 1 unspecified atom stereocenters. The Morgan fingerprint density at radius 2 is 1.94 bits per heavy atom. The summed E-state index contributed by atoms with van der Waals surface area (Å²) in [6.07, 6.45) is 3.51. The Hall–Kier alpha value is -2.75. The number of aryl methyl sites for hydroxylation is 2. The summed E-state index contributed by atoms with van der Waals surface area (Å²) in [5.41, 5.74) is 2.15. The second kappa shape index (κ2) is 9.17. The van der Waals surface area contributed by atoms with Gasteiger partial charge in [0.1, 0.15) is 16.4 Å². The van der Waals surface area contributed by atoms with E-state index in [2.05, 4.69) is 10.4 Å². The third-order valence-corrected chi connectivity index (χ3v) is 6.58. The Kier molecular flexibility index (Phi) is 6.78. The largest absolute Gasteiger partial charge is 0.459 e. The van der Waals surface area contributed by atoms with E-state index in [1.807, 2.05) is 0 Å². The van der Waals surface area contributed by atoms with Gasteiger partial charge in [-0.15, -0.1) is 11.3 Å². The van der Waals surface area contributed by atoms with Crippen LogP contribution in [0.15, 0.2) is 0 Å². The number of hydrogen-bond acceptors (Lipinski definition) is 7. The number of ether oxygens (including phenoxy) is 1. The van der Waals surface area contributed by atoms with Gasteiger partial charge in [0.15, 0.2) is 0 Å². The molecule has 1 amide bonds. The monoisotopic (exact) mass is 448 g/mol. The number of esters is 1. The molecule has 0 aliphatic heterocycles. The molecule has 0 radical (unpaired) electrons. The Bertz CT molecular complexity index is 1020. The van der Waals surface area contributed by atoms with E-state index in [1.165, 1.54) is 16.0 Å². The number of carbonyl (C=O) groups is 2. The summed E-state index contributed by atoms with van der Waals surface area (Å²) in [4.78, 5) is 37.6. The zero-order valence-electron chi connectivity index (χ0n) is 18.5. The van der Waals surface area contributed by atoms with E-state index in [0.29, 0.717) is 22.0 Å². The van der Waals surface area contributed by atoms with Crippen molar-refractivity contribution in [1.29, 1.82) is 0 Å². The Morgan fingerprint density at radius 3 is 2.55 bits per heavy atom. The van der Waals surface area contributed by atoms with E-state index in [1.54, 1.807) is 34.6 Å². The van der Waals surface area contributed by atoms with E-state index < -0.39 is 16.8 Å². The summed E-state index contributed by atoms with van der Waals surface area (Å²) in [7, 11) is 0. The molecule has 1 atom stereocenters. The molecule has 2 aromatic rings. The van der Waals surface area contributed by atoms with Gasteiger partial charge in [0.2, 0.25) is 5.91 Å². The second-order valence-corrected chi connectivity index (χ2v) is 9.32. The van der Waals surface area contributed by atoms with Crippen molar-refractivity contribution < 1.29 is 19.2 Å². The van der Waals surface area contributed by atoms with Gasteiger partial charge in [-0.2, -0.15) is 5.10 Å². The van der Waals surface area contributed by atoms with Crippen LogP contribution in [0.4, 0.5) is 10.7 Å². The number of thiophene rings is 1. The first-order chi connectivity index (χ1) is 14.6. The fourth-order valence-corrected chi connectivity index (χ4v) is 5.13. The summed E-state index contributed by atoms with van der Waals surface area (Å²) in [5, 5.41) is 18.9. The van der Waals surface area contributed by atoms with E-state index >= 15 is 0 Å². The fraction of sp³-hybridized carbons (Fsp3) is 0.571. The van der Waals surface area contributed by atoms with E-state index in [0.717, 1.165) is 36.1 Å². The van der Waals surface area contributed by atoms with Gasteiger partial charge in [0.25, 0.3) is 0 Å². The van der Waals surface area contributed by atoms with Gasteiger partial charge in [0, 0.05) is 4.88 Å². The molecule has 0 aromatic carbocycles. The highest BCUT2D eigenvalue weighted by molar-refractivity contribution is 7.17. The normalized spacial score (nSPS) is 14.3. The van der Waals surface area contributed by atoms with Crippen LogP contribution in [0.1, 0.15) is 65.8 Å². The molecule has 1 N–H and O–H groups in total. The van der Waals surface area contributed by atoms with Gasteiger partial charge in [-0.25, -0.2) is 4.79 Å². The molecular weight excluding hydrogens is 420 g/mol. The van der Waals surface area contributed by atoms with E-state index in [-0.39, 0.29) is 24.2 Å². The molecule has 168 valence electrons. The first-order valence-electron chi connectivity index (χ1n) is 10.4. The highest BCUT2D eigenvalue weighted by Crippen LogP contribution is 2.39. The van der Waals surface area contributed by atoms with E-state index in [4.69, 9.17) is 4.74 Å². The van der Waals surface area contributed by atoms with Crippen LogP contribution in [0.5, 0.6) is 0 Å². The van der Waals surface area contributed by atoms with Gasteiger partial charge >= 0.3 is 11.7 Å². The lowest BCUT2D eigenvalue weighted by Gasteiger charge is -2.15. The summed E-state index contributed by atoms with van der Waals surface area (Å²) in [6, 6.07) is 0. The summed E-state index contributed by atoms with van der Waals surface area (Å²) in [6.45, 7) is 8.72. The van der Waals surface area contributed by atoms with Crippen molar-refractivity contribution in [1.82, 2.24) is 9.78 Å². The van der Waals surface area contributed by atoms with Gasteiger partial charge in [0.05, 0.1) is 29.1 Å². The second-order valence-electron chi connectivity index (χ2n) is 8.22. The van der Waals surface area contributed by atoms with Crippen LogP contribution in [0.3, 0.4) is 0 Å². The number of rotatable bonds is 7. The highest BCUT2D eigenvalue weighted by Gasteiger charge is 2.29. The molecule has 0 saturated carbocycles. The molecular formula is C21H28N4O5S. The molecule has 9 nitrogen and oxygen atoms in total. The first kappa shape index (κ1) is 22.9. The van der Waals surface area contributed by atoms with Crippen molar-refractivity contribution >= 4 is 33.9 Å². The number of nitrogens with zero attached hydrogens (tertiary/aromatic N) is 3. The molecule has 0 bridgehead atoms. The molecule has 2 heterocycles. The number of fused-ring (bicyclic) bond motifs is 1. The van der Waals surface area contributed by atoms with Gasteiger partial charge in [-0.3, -0.25) is 19.6 Å². The smallest absolute Gasteiger partial charge is 0.341 e. The third-order valence-electron chi connectivity index (χ3n) is 5.38. The van der Waals surface area contributed by atoms with Crippen LogP contribution in [0.2, 0.25) is 0 Å². The van der Waals surface area contributed by atoms with Gasteiger partial charge in [-0.1, -0.05) is 6.92 Å². The SMILES string of the molecule is Cc1nn(CC(C)C(=O)Nc2sc3c(c2C(=O)OC(C)C)CCCC3)c(C)c1[N+](=O)[O-]. The minimum atomic E-state index is -0.509. The topological polar surface area (TPSA) is 116 Å². The van der Waals surface area contributed by atoms with Gasteiger partial charge < -0.3 is 10.1 Å². The molecule has 1 aliphatic rings. The number of nitrogens with one attached hydrogen (secondary N) is 1. The summed E-state index contributed by atoms with van der Waals surface area (Å²) in [5.74, 6) is -1.19. The molecule has 1 aliphatic carbocycles. The molecule has 0 fully saturated rings. The van der Waals surface area contributed by atoms with Crippen molar-refractivity contribution in [3.8, 4) is 0 Å². The number of hydrogen-bond donors (Lipinski definition) is 1. The first-order valence-corrected chi connectivity index (χ1v) is 11.3. The van der Waals surface area contributed by atoms with Crippen LogP contribution in [0, 0.1) is 29.9 Å². The molecule has 31 heavy (non-hydrogen) atoms. The van der Waals surface area contributed by atoms with Crippen LogP contribution < -0.4 is 5.32 Å². The van der Waals surface area contributed by atoms with Crippen LogP contribution >= 0.6 is 11.3 Å². The number of nitro groups is 1. The summed E-state index contributed by atoms with van der Waals surface area (Å²) >= 11 is 1.44. The quantitative estimate of drug-likeness (QED) is 0.386. The lowest BCUT2D eigenvalue weighted by atomic mass is 9.95. The third kappa shape index (κ3) is 4.79. The van der Waals surface area contributed by atoms with Crippen molar-refractivity contribution in [2.24, 2.45) is 5.92 Å². The molecule has 0 spiro atoms. The average Bonchev–Trinajstić information content (AvgIpc) is 3.17. The lowest BCUT2D eigenvalue weighted by Crippen LogP contribution is -2.26. The standard InChI is InChI=1S/C21H28N4O5S/c1-11(2)30-21(27)17-15-8-6-7-9-16(15)31-20(17)22-19(26)12(3)10-24-14(5)18(25(28)29)13(4)23-24/h11-12H,6-10H2,1-5H3,(H,22,26). The van der Waals surface area contributed by atoms with Crippen LogP contribution in [0.25, 0.3) is 0 Å². The predicted octanol–water partition coefficient (Wildman–Crippen LogP) is 4.19. The highest BCUT2D eigenvalue weighted by atomic mass is 32.1. The maximum Gasteiger partial charge on any atom is 0.341 e. The summed E-state index contributed by atoms with van der Waals surface area (Å²) < 4.78 is 6.92. The Labute approximate surface area is 184 Å². The minimum absolute atomic E-state index is 0.0303. The average molecular weight is 449 g/mol. The molecule has 3 rings (SSSR count). The number of aromatic nitrogens is 2. The van der Waals surface area contributed by atoms with Crippen LogP contribution in [-0.2, 0) is 28.9 Å². The molecule has 0 saturated heterocycles. The maximum absolute atomic E-state index is 12.9. The van der Waals surface area contributed by atoms with Crippen molar-refractivity contribution in [2.75, 3.05) is 5.32 Å². The number of anilines is 1. The number of amides is 1. The van der Waals surface area contributed by atoms with Gasteiger partial charge in [-0.05, 0) is 58.9 Å². The van der Waals surface area contributed by atoms with Crippen molar-refractivity contribution in [3.63, 3.8) is 0 Å². The van der Waals surface area contributed by atoms with Crippen LogP contribution in [-0.4, -0.2) is 32.7 Å². The molecule has 2 aromatic heterocycles. The zero-order valence-corrected chi connectivity index (χ0v) is 19.3.